The zero-order valence-corrected chi connectivity index (χ0v) is 22.7. The number of piperidine rings is 1. The molecule has 0 saturated carbocycles. The average Bonchev–Trinajstić information content (AvgIpc) is 3.05. The molecule has 192 valence electrons. The van der Waals surface area contributed by atoms with Gasteiger partial charge in [0.25, 0.3) is 0 Å². The van der Waals surface area contributed by atoms with Crippen molar-refractivity contribution in [3.8, 4) is 11.4 Å². The third-order valence-corrected chi connectivity index (χ3v) is 10.0. The number of carbonyl (C=O) groups excluding carboxylic acids is 1. The molecule has 2 aliphatic heterocycles. The molecule has 35 heavy (non-hydrogen) atoms. The number of benzene rings is 1. The first-order valence-corrected chi connectivity index (χ1v) is 15.2. The van der Waals surface area contributed by atoms with Gasteiger partial charge in [0.15, 0.2) is 11.0 Å². The molecule has 0 radical (unpaired) electrons. The molecule has 1 aromatic heterocycles. The van der Waals surface area contributed by atoms with Crippen molar-refractivity contribution in [2.75, 3.05) is 18.8 Å². The maximum atomic E-state index is 13.1. The Kier molecular flexibility index (Phi) is 8.54. The van der Waals surface area contributed by atoms with Gasteiger partial charge in [0.2, 0.25) is 15.9 Å². The largest absolute Gasteiger partial charge is 0.337 e. The van der Waals surface area contributed by atoms with Gasteiger partial charge in [0, 0.05) is 37.3 Å². The first-order valence-electron chi connectivity index (χ1n) is 12.8. The summed E-state index contributed by atoms with van der Waals surface area (Å²) in [6.07, 6.45) is 7.27. The Bertz CT molecular complexity index is 1100. The predicted octanol–water partition coefficient (Wildman–Crippen LogP) is 4.41. The Balaban J connectivity index is 1.47. The minimum absolute atomic E-state index is 0.143. The molecule has 2 atom stereocenters. The van der Waals surface area contributed by atoms with E-state index in [9.17, 15) is 13.2 Å². The molecule has 2 saturated heterocycles. The quantitative estimate of drug-likeness (QED) is 0.504. The minimum atomic E-state index is -3.49. The van der Waals surface area contributed by atoms with E-state index in [1.807, 2.05) is 16.4 Å². The summed E-state index contributed by atoms with van der Waals surface area (Å²) in [5, 5.41) is 9.43. The Morgan fingerprint density at radius 2 is 1.60 bits per heavy atom. The second-order valence-corrected chi connectivity index (χ2v) is 12.5. The fourth-order valence-electron chi connectivity index (χ4n) is 5.21. The van der Waals surface area contributed by atoms with Gasteiger partial charge in [-0.25, -0.2) is 8.42 Å². The number of hydrogen-bond acceptors (Lipinski definition) is 6. The van der Waals surface area contributed by atoms with Crippen LogP contribution in [0, 0.1) is 0 Å². The SMILES string of the molecule is CCn1c(SCC(=O)N2[C@H](C)CCC[C@H]2C)nnc1-c1ccc(S(=O)(=O)N2CCCCCC2)cc1. The van der Waals surface area contributed by atoms with E-state index in [0.717, 1.165) is 44.1 Å². The zero-order chi connectivity index (χ0) is 25.0. The van der Waals surface area contributed by atoms with Gasteiger partial charge in [-0.1, -0.05) is 24.6 Å². The van der Waals surface area contributed by atoms with Crippen LogP contribution in [0.5, 0.6) is 0 Å². The Morgan fingerprint density at radius 3 is 2.20 bits per heavy atom. The topological polar surface area (TPSA) is 88.4 Å². The summed E-state index contributed by atoms with van der Waals surface area (Å²) in [5.41, 5.74) is 0.811. The van der Waals surface area contributed by atoms with Crippen molar-refractivity contribution in [3.63, 3.8) is 0 Å². The second kappa shape index (κ2) is 11.4. The summed E-state index contributed by atoms with van der Waals surface area (Å²) in [5.74, 6) is 1.16. The van der Waals surface area contributed by atoms with Gasteiger partial charge < -0.3 is 9.47 Å². The highest BCUT2D eigenvalue weighted by molar-refractivity contribution is 7.99. The first kappa shape index (κ1) is 26.2. The van der Waals surface area contributed by atoms with E-state index in [4.69, 9.17) is 0 Å². The van der Waals surface area contributed by atoms with E-state index in [-0.39, 0.29) is 18.0 Å². The summed E-state index contributed by atoms with van der Waals surface area (Å²) in [6.45, 7) is 8.10. The van der Waals surface area contributed by atoms with Crippen molar-refractivity contribution in [3.05, 3.63) is 24.3 Å². The van der Waals surface area contributed by atoms with Crippen LogP contribution in [0.2, 0.25) is 0 Å². The number of thioether (sulfide) groups is 1. The van der Waals surface area contributed by atoms with Gasteiger partial charge in [0.1, 0.15) is 0 Å². The first-order chi connectivity index (χ1) is 16.8. The third-order valence-electron chi connectivity index (χ3n) is 7.15. The molecule has 1 amide bonds. The number of amides is 1. The van der Waals surface area contributed by atoms with E-state index >= 15 is 0 Å². The van der Waals surface area contributed by atoms with Crippen molar-refractivity contribution in [2.24, 2.45) is 0 Å². The van der Waals surface area contributed by atoms with Gasteiger partial charge in [-0.05, 0) is 77.1 Å². The molecule has 0 aliphatic carbocycles. The summed E-state index contributed by atoms with van der Waals surface area (Å²) in [6, 6.07) is 7.49. The lowest BCUT2D eigenvalue weighted by molar-refractivity contribution is -0.134. The lowest BCUT2D eigenvalue weighted by Crippen LogP contribution is -2.48. The van der Waals surface area contributed by atoms with Crippen LogP contribution in [0.4, 0.5) is 0 Å². The van der Waals surface area contributed by atoms with Crippen LogP contribution in [0.3, 0.4) is 0 Å². The molecule has 10 heteroatoms. The van der Waals surface area contributed by atoms with Crippen molar-refractivity contribution < 1.29 is 13.2 Å². The molecule has 2 aromatic rings. The molecule has 2 fully saturated rings. The molecule has 0 spiro atoms. The lowest BCUT2D eigenvalue weighted by Gasteiger charge is -2.39. The maximum Gasteiger partial charge on any atom is 0.243 e. The third kappa shape index (κ3) is 5.75. The number of nitrogens with zero attached hydrogens (tertiary/aromatic N) is 5. The minimum Gasteiger partial charge on any atom is -0.337 e. The molecule has 3 heterocycles. The molecule has 0 bridgehead atoms. The number of rotatable bonds is 7. The van der Waals surface area contributed by atoms with Gasteiger partial charge in [-0.15, -0.1) is 10.2 Å². The molecule has 2 aliphatic rings. The number of likely N-dealkylation sites (tertiary alicyclic amines) is 1. The fraction of sp³-hybridized carbons (Fsp3) is 0.640. The highest BCUT2D eigenvalue weighted by Gasteiger charge is 2.29. The highest BCUT2D eigenvalue weighted by atomic mass is 32.2. The van der Waals surface area contributed by atoms with Gasteiger partial charge in [0.05, 0.1) is 10.6 Å². The van der Waals surface area contributed by atoms with Crippen molar-refractivity contribution in [1.82, 2.24) is 24.0 Å². The monoisotopic (exact) mass is 519 g/mol. The van der Waals surface area contributed by atoms with E-state index in [1.165, 1.54) is 18.2 Å². The fourth-order valence-corrected chi connectivity index (χ4v) is 7.60. The van der Waals surface area contributed by atoms with Crippen molar-refractivity contribution >= 4 is 27.7 Å². The second-order valence-electron chi connectivity index (χ2n) is 9.61. The summed E-state index contributed by atoms with van der Waals surface area (Å²) >= 11 is 1.42. The van der Waals surface area contributed by atoms with Gasteiger partial charge in [-0.3, -0.25) is 4.79 Å². The van der Waals surface area contributed by atoms with Crippen LogP contribution in [0.15, 0.2) is 34.3 Å². The molecular weight excluding hydrogens is 482 g/mol. The molecule has 0 N–H and O–H groups in total. The van der Waals surface area contributed by atoms with Gasteiger partial charge in [-0.2, -0.15) is 4.31 Å². The smallest absolute Gasteiger partial charge is 0.243 e. The van der Waals surface area contributed by atoms with E-state index in [0.29, 0.717) is 41.3 Å². The lowest BCUT2D eigenvalue weighted by atomic mass is 9.98. The molecule has 8 nitrogen and oxygen atoms in total. The van der Waals surface area contributed by atoms with E-state index in [2.05, 4.69) is 24.0 Å². The Labute approximate surface area is 213 Å². The van der Waals surface area contributed by atoms with Crippen LogP contribution < -0.4 is 0 Å². The Morgan fingerprint density at radius 1 is 0.971 bits per heavy atom. The summed E-state index contributed by atoms with van der Waals surface area (Å²) in [7, 11) is -3.49. The van der Waals surface area contributed by atoms with Crippen LogP contribution in [0.25, 0.3) is 11.4 Å². The number of hydrogen-bond donors (Lipinski definition) is 0. The van der Waals surface area contributed by atoms with Gasteiger partial charge >= 0.3 is 0 Å². The van der Waals surface area contributed by atoms with Crippen molar-refractivity contribution in [2.45, 2.75) is 94.4 Å². The molecule has 0 unspecified atom stereocenters. The Hall–Kier alpha value is -1.91. The predicted molar refractivity (Wildman–Crippen MR) is 139 cm³/mol. The number of carbonyl (C=O) groups is 1. The zero-order valence-electron chi connectivity index (χ0n) is 21.0. The number of aromatic nitrogens is 3. The number of sulfonamides is 1. The summed E-state index contributed by atoms with van der Waals surface area (Å²) in [4.78, 5) is 15.3. The van der Waals surface area contributed by atoms with Crippen LogP contribution in [0.1, 0.15) is 65.7 Å². The van der Waals surface area contributed by atoms with Crippen LogP contribution in [-0.4, -0.2) is 69.2 Å². The molecular formula is C25H37N5O3S2. The average molecular weight is 520 g/mol. The van der Waals surface area contributed by atoms with Crippen LogP contribution >= 0.6 is 11.8 Å². The van der Waals surface area contributed by atoms with Crippen molar-refractivity contribution in [1.29, 1.82) is 0 Å². The summed E-state index contributed by atoms with van der Waals surface area (Å²) < 4.78 is 29.8. The van der Waals surface area contributed by atoms with E-state index < -0.39 is 10.0 Å². The molecule has 1 aromatic carbocycles. The standard InChI is InChI=1S/C25H37N5O3S2/c1-4-29-24(26-27-25(29)34-18-23(31)30-19(2)10-9-11-20(30)3)21-12-14-22(15-13-21)35(32,33)28-16-7-5-6-8-17-28/h12-15,19-20H,4-11,16-18H2,1-3H3/t19-,20-/m1/s1. The highest BCUT2D eigenvalue weighted by Crippen LogP contribution is 2.28. The maximum absolute atomic E-state index is 13.1. The normalized spacial score (nSPS) is 22.2. The molecule has 4 rings (SSSR count). The van der Waals surface area contributed by atoms with E-state index in [1.54, 1.807) is 28.6 Å². The van der Waals surface area contributed by atoms with Crippen LogP contribution in [-0.2, 0) is 21.4 Å².